The number of ether oxygens (including phenoxy) is 1. The van der Waals surface area contributed by atoms with Gasteiger partial charge in [-0.1, -0.05) is 15.9 Å². The van der Waals surface area contributed by atoms with Gasteiger partial charge in [-0.15, -0.1) is 12.4 Å². The largest absolute Gasteiger partial charge is 0.482 e. The maximum Gasteiger partial charge on any atom is 0.265 e. The molecule has 1 aromatic carbocycles. The molecule has 1 saturated heterocycles. The van der Waals surface area contributed by atoms with Crippen LogP contribution in [0.3, 0.4) is 0 Å². The van der Waals surface area contributed by atoms with E-state index < -0.39 is 0 Å². The van der Waals surface area contributed by atoms with Crippen molar-refractivity contribution in [2.24, 2.45) is 0 Å². The third-order valence-corrected chi connectivity index (χ3v) is 4.91. The van der Waals surface area contributed by atoms with Crippen LogP contribution in [-0.2, 0) is 9.59 Å². The highest BCUT2D eigenvalue weighted by molar-refractivity contribution is 9.10. The third kappa shape index (κ3) is 4.02. The summed E-state index contributed by atoms with van der Waals surface area (Å²) < 4.78 is 6.33. The van der Waals surface area contributed by atoms with Gasteiger partial charge >= 0.3 is 0 Å². The van der Waals surface area contributed by atoms with Crippen molar-refractivity contribution in [3.8, 4) is 5.75 Å². The number of fused-ring (bicyclic) bond motifs is 1. The number of nitrogens with zero attached hydrogens (tertiary/aromatic N) is 2. The van der Waals surface area contributed by atoms with E-state index in [9.17, 15) is 9.59 Å². The van der Waals surface area contributed by atoms with E-state index in [0.717, 1.165) is 30.4 Å². The normalized spacial score (nSPS) is 17.8. The summed E-state index contributed by atoms with van der Waals surface area (Å²) in [5.41, 5.74) is 0.655. The van der Waals surface area contributed by atoms with E-state index in [1.54, 1.807) is 6.07 Å². The molecule has 2 heterocycles. The second-order valence-corrected chi connectivity index (χ2v) is 6.74. The third-order valence-electron chi connectivity index (χ3n) is 4.41. The minimum Gasteiger partial charge on any atom is -0.482 e. The number of nitrogens with one attached hydrogen (secondary N) is 1. The molecule has 1 aromatic rings. The molecule has 1 N–H and O–H groups in total. The molecule has 24 heavy (non-hydrogen) atoms. The second kappa shape index (κ2) is 8.18. The van der Waals surface area contributed by atoms with Crippen LogP contribution in [0.4, 0.5) is 5.69 Å². The van der Waals surface area contributed by atoms with Crippen LogP contribution in [0.1, 0.15) is 12.8 Å². The molecular weight excluding hydrogens is 398 g/mol. The number of rotatable bonds is 3. The molecule has 1 fully saturated rings. The zero-order chi connectivity index (χ0) is 16.4. The fourth-order valence-corrected chi connectivity index (χ4v) is 3.34. The average Bonchev–Trinajstić information content (AvgIpc) is 2.57. The number of piperidine rings is 1. The van der Waals surface area contributed by atoms with Crippen LogP contribution >= 0.6 is 28.3 Å². The van der Waals surface area contributed by atoms with E-state index in [4.69, 9.17) is 4.74 Å². The van der Waals surface area contributed by atoms with Gasteiger partial charge in [-0.25, -0.2) is 0 Å². The van der Waals surface area contributed by atoms with Crippen molar-refractivity contribution in [3.63, 3.8) is 0 Å². The molecule has 0 bridgehead atoms. The number of anilines is 1. The number of hydrogen-bond donors (Lipinski definition) is 1. The van der Waals surface area contributed by atoms with Gasteiger partial charge in [0.25, 0.3) is 5.91 Å². The van der Waals surface area contributed by atoms with Crippen molar-refractivity contribution >= 4 is 45.8 Å². The molecule has 132 valence electrons. The van der Waals surface area contributed by atoms with Gasteiger partial charge in [0.2, 0.25) is 5.91 Å². The summed E-state index contributed by atoms with van der Waals surface area (Å²) in [6.45, 7) is 1.51. The van der Waals surface area contributed by atoms with Crippen molar-refractivity contribution in [2.75, 3.05) is 38.2 Å². The number of hydrogen-bond acceptors (Lipinski definition) is 4. The Hall–Kier alpha value is -1.31. The van der Waals surface area contributed by atoms with Crippen LogP contribution in [0.5, 0.6) is 5.75 Å². The summed E-state index contributed by atoms with van der Waals surface area (Å²) in [6, 6.07) is 5.94. The van der Waals surface area contributed by atoms with Gasteiger partial charge in [0.15, 0.2) is 6.61 Å². The predicted octanol–water partition coefficient (Wildman–Crippen LogP) is 1.81. The molecule has 2 aliphatic heterocycles. The first-order valence-electron chi connectivity index (χ1n) is 7.76. The van der Waals surface area contributed by atoms with Crippen molar-refractivity contribution < 1.29 is 14.3 Å². The fraction of sp³-hybridized carbons (Fsp3) is 0.500. The number of benzene rings is 1. The van der Waals surface area contributed by atoms with Crippen LogP contribution in [0.2, 0.25) is 0 Å². The molecule has 0 radical (unpaired) electrons. The zero-order valence-electron chi connectivity index (χ0n) is 13.5. The fourth-order valence-electron chi connectivity index (χ4n) is 3.00. The minimum atomic E-state index is -0.182. The first kappa shape index (κ1) is 19.0. The Morgan fingerprint density at radius 2 is 2.08 bits per heavy atom. The lowest BCUT2D eigenvalue weighted by Crippen LogP contribution is -2.50. The van der Waals surface area contributed by atoms with Gasteiger partial charge in [-0.05, 0) is 38.1 Å². The lowest BCUT2D eigenvalue weighted by atomic mass is 10.1. The zero-order valence-corrected chi connectivity index (χ0v) is 15.9. The number of carbonyl (C=O) groups is 2. The van der Waals surface area contributed by atoms with E-state index in [1.165, 1.54) is 4.90 Å². The summed E-state index contributed by atoms with van der Waals surface area (Å²) in [6.07, 6.45) is 1.89. The second-order valence-electron chi connectivity index (χ2n) is 5.82. The van der Waals surface area contributed by atoms with Crippen molar-refractivity contribution in [1.29, 1.82) is 0 Å². The molecule has 8 heteroatoms. The first-order valence-corrected chi connectivity index (χ1v) is 8.55. The molecule has 3 rings (SSSR count). The van der Waals surface area contributed by atoms with Gasteiger partial charge < -0.3 is 15.0 Å². The van der Waals surface area contributed by atoms with Crippen molar-refractivity contribution in [3.05, 3.63) is 22.7 Å². The Morgan fingerprint density at radius 3 is 2.75 bits per heavy atom. The van der Waals surface area contributed by atoms with Crippen LogP contribution in [0, 0.1) is 0 Å². The summed E-state index contributed by atoms with van der Waals surface area (Å²) in [5.74, 6) is 0.433. The molecule has 2 amide bonds. The topological polar surface area (TPSA) is 61.9 Å². The summed E-state index contributed by atoms with van der Waals surface area (Å²) in [7, 11) is 1.95. The molecule has 0 unspecified atom stereocenters. The Balaban J connectivity index is 0.00000208. The van der Waals surface area contributed by atoms with Crippen molar-refractivity contribution in [1.82, 2.24) is 10.2 Å². The van der Waals surface area contributed by atoms with E-state index in [0.29, 0.717) is 17.5 Å². The molecule has 6 nitrogen and oxygen atoms in total. The minimum absolute atomic E-state index is 0. The Kier molecular flexibility index (Phi) is 6.48. The number of halogens is 2. The van der Waals surface area contributed by atoms with E-state index in [2.05, 4.69) is 21.2 Å². The van der Waals surface area contributed by atoms with Gasteiger partial charge in [0, 0.05) is 23.6 Å². The van der Waals surface area contributed by atoms with Gasteiger partial charge in [0.05, 0.1) is 5.69 Å². The van der Waals surface area contributed by atoms with Gasteiger partial charge in [0.1, 0.15) is 12.3 Å². The lowest BCUT2D eigenvalue weighted by molar-refractivity contribution is -0.132. The monoisotopic (exact) mass is 417 g/mol. The van der Waals surface area contributed by atoms with Gasteiger partial charge in [-0.3, -0.25) is 14.5 Å². The average molecular weight is 419 g/mol. The maximum absolute atomic E-state index is 12.5. The summed E-state index contributed by atoms with van der Waals surface area (Å²) in [4.78, 5) is 28.1. The number of carbonyl (C=O) groups excluding carboxylic acids is 2. The molecule has 0 saturated carbocycles. The van der Waals surface area contributed by atoms with Crippen LogP contribution in [-0.4, -0.2) is 56.0 Å². The Morgan fingerprint density at radius 1 is 1.38 bits per heavy atom. The van der Waals surface area contributed by atoms with Gasteiger partial charge in [-0.2, -0.15) is 0 Å². The van der Waals surface area contributed by atoms with Crippen LogP contribution in [0.15, 0.2) is 22.7 Å². The Labute approximate surface area is 156 Å². The SMILES string of the molecule is CNC1CCN(C(=O)CN2C(=O)COc3cc(Br)ccc32)CC1.Cl. The summed E-state index contributed by atoms with van der Waals surface area (Å²) >= 11 is 3.39. The number of amides is 2. The van der Waals surface area contributed by atoms with Crippen LogP contribution < -0.4 is 15.0 Å². The molecule has 0 aromatic heterocycles. The maximum atomic E-state index is 12.5. The molecular formula is C16H21BrClN3O3. The van der Waals surface area contributed by atoms with Crippen molar-refractivity contribution in [2.45, 2.75) is 18.9 Å². The predicted molar refractivity (Wildman–Crippen MR) is 97.9 cm³/mol. The van der Waals surface area contributed by atoms with E-state index in [1.807, 2.05) is 24.1 Å². The van der Waals surface area contributed by atoms with Crippen LogP contribution in [0.25, 0.3) is 0 Å². The molecule has 0 spiro atoms. The molecule has 0 atom stereocenters. The highest BCUT2D eigenvalue weighted by atomic mass is 79.9. The Bertz CT molecular complexity index is 621. The quantitative estimate of drug-likeness (QED) is 0.813. The highest BCUT2D eigenvalue weighted by Crippen LogP contribution is 2.34. The standard InChI is InChI=1S/C16H20BrN3O3.ClH/c1-18-12-4-6-19(7-5-12)15(21)9-20-13-3-2-11(17)8-14(13)23-10-16(20)22;/h2-3,8,12,18H,4-7,9-10H2,1H3;1H. The highest BCUT2D eigenvalue weighted by Gasteiger charge is 2.30. The van der Waals surface area contributed by atoms with E-state index in [-0.39, 0.29) is 37.4 Å². The molecule has 2 aliphatic rings. The van der Waals surface area contributed by atoms with E-state index >= 15 is 0 Å². The first-order chi connectivity index (χ1) is 11.1. The smallest absolute Gasteiger partial charge is 0.265 e. The molecule has 0 aliphatic carbocycles. The lowest BCUT2D eigenvalue weighted by Gasteiger charge is -2.34. The summed E-state index contributed by atoms with van der Waals surface area (Å²) in [5, 5.41) is 3.25. The number of likely N-dealkylation sites (tertiary alicyclic amines) is 1.